The minimum absolute atomic E-state index is 0.122. The highest BCUT2D eigenvalue weighted by molar-refractivity contribution is 6.06. The molecule has 124 valence electrons. The monoisotopic (exact) mass is 325 g/mol. The molecule has 6 heteroatoms. The van der Waals surface area contributed by atoms with Gasteiger partial charge in [-0.2, -0.15) is 0 Å². The highest BCUT2D eigenvalue weighted by atomic mass is 16.5. The number of rotatable bonds is 4. The minimum Gasteiger partial charge on any atom is -0.387 e. The standard InChI is InChI=1S/C18H19N3O3/c1-10-6-4-5-7-13(10)15(22)9-19-17(23)14-8-11(2)20-18-16(14)12(3)21-24-18/h4-8,15,22H,9H2,1-3H3,(H,19,23). The number of fused-ring (bicyclic) bond motifs is 1. The number of amides is 1. The van der Waals surface area contributed by atoms with Crippen LogP contribution in [0, 0.1) is 20.8 Å². The number of hydrogen-bond donors (Lipinski definition) is 2. The molecule has 0 aliphatic rings. The first-order valence-electron chi connectivity index (χ1n) is 7.73. The molecule has 2 N–H and O–H groups in total. The van der Waals surface area contributed by atoms with Gasteiger partial charge in [0, 0.05) is 12.2 Å². The van der Waals surface area contributed by atoms with E-state index in [1.54, 1.807) is 19.9 Å². The normalized spacial score (nSPS) is 12.3. The maximum Gasteiger partial charge on any atom is 0.258 e. The summed E-state index contributed by atoms with van der Waals surface area (Å²) in [6.45, 7) is 5.60. The lowest BCUT2D eigenvalue weighted by atomic mass is 10.0. The molecule has 3 aromatic rings. The Labute approximate surface area is 139 Å². The van der Waals surface area contributed by atoms with Gasteiger partial charge in [-0.05, 0) is 38.0 Å². The number of aliphatic hydroxyl groups is 1. The molecule has 0 aliphatic carbocycles. The summed E-state index contributed by atoms with van der Waals surface area (Å²) in [6.07, 6.45) is -0.767. The molecule has 2 heterocycles. The number of nitrogens with one attached hydrogen (secondary N) is 1. The van der Waals surface area contributed by atoms with Crippen molar-refractivity contribution in [1.82, 2.24) is 15.5 Å². The Balaban J connectivity index is 1.81. The molecule has 3 rings (SSSR count). The zero-order valence-electron chi connectivity index (χ0n) is 13.8. The molecule has 2 aromatic heterocycles. The summed E-state index contributed by atoms with van der Waals surface area (Å²) in [4.78, 5) is 16.8. The molecule has 1 unspecified atom stereocenters. The number of pyridine rings is 1. The van der Waals surface area contributed by atoms with Crippen LogP contribution >= 0.6 is 0 Å². The minimum atomic E-state index is -0.767. The average molecular weight is 325 g/mol. The Morgan fingerprint density at radius 3 is 2.79 bits per heavy atom. The second-order valence-electron chi connectivity index (χ2n) is 5.84. The van der Waals surface area contributed by atoms with E-state index in [-0.39, 0.29) is 12.5 Å². The van der Waals surface area contributed by atoms with E-state index in [1.165, 1.54) is 0 Å². The molecule has 0 saturated carbocycles. The lowest BCUT2D eigenvalue weighted by molar-refractivity contribution is 0.0917. The zero-order chi connectivity index (χ0) is 17.3. The summed E-state index contributed by atoms with van der Waals surface area (Å²) >= 11 is 0. The zero-order valence-corrected chi connectivity index (χ0v) is 13.8. The fraction of sp³-hybridized carbons (Fsp3) is 0.278. The van der Waals surface area contributed by atoms with Gasteiger partial charge >= 0.3 is 0 Å². The van der Waals surface area contributed by atoms with Gasteiger partial charge in [-0.3, -0.25) is 4.79 Å². The van der Waals surface area contributed by atoms with E-state index in [1.807, 2.05) is 31.2 Å². The SMILES string of the molecule is Cc1cc(C(=O)NCC(O)c2ccccc2C)c2c(C)noc2n1. The quantitative estimate of drug-likeness (QED) is 0.770. The number of benzene rings is 1. The maximum absolute atomic E-state index is 12.6. The summed E-state index contributed by atoms with van der Waals surface area (Å²) < 4.78 is 5.14. The van der Waals surface area contributed by atoms with Gasteiger partial charge in [0.25, 0.3) is 11.6 Å². The summed E-state index contributed by atoms with van der Waals surface area (Å²) in [6, 6.07) is 9.25. The third-order valence-corrected chi connectivity index (χ3v) is 3.99. The average Bonchev–Trinajstić information content (AvgIpc) is 2.93. The molecule has 1 aromatic carbocycles. The molecule has 0 spiro atoms. The first-order chi connectivity index (χ1) is 11.5. The van der Waals surface area contributed by atoms with Gasteiger partial charge < -0.3 is 14.9 Å². The van der Waals surface area contributed by atoms with Crippen molar-refractivity contribution < 1.29 is 14.4 Å². The fourth-order valence-electron chi connectivity index (χ4n) is 2.75. The van der Waals surface area contributed by atoms with Crippen LogP contribution in [-0.2, 0) is 0 Å². The number of carbonyl (C=O) groups is 1. The van der Waals surface area contributed by atoms with Crippen molar-refractivity contribution in [2.45, 2.75) is 26.9 Å². The van der Waals surface area contributed by atoms with Crippen LogP contribution in [0.3, 0.4) is 0 Å². The lowest BCUT2D eigenvalue weighted by Gasteiger charge is -2.15. The van der Waals surface area contributed by atoms with Gasteiger partial charge in [-0.1, -0.05) is 29.4 Å². The summed E-state index contributed by atoms with van der Waals surface area (Å²) in [5.41, 5.74) is 3.86. The predicted octanol–water partition coefficient (Wildman–Crippen LogP) is 2.61. The number of aromatic nitrogens is 2. The molecule has 1 atom stereocenters. The van der Waals surface area contributed by atoms with E-state index in [4.69, 9.17) is 4.52 Å². The maximum atomic E-state index is 12.6. The number of aryl methyl sites for hydroxylation is 3. The van der Waals surface area contributed by atoms with Crippen LogP contribution in [0.2, 0.25) is 0 Å². The van der Waals surface area contributed by atoms with Crippen LogP contribution in [-0.4, -0.2) is 27.7 Å². The first kappa shape index (κ1) is 16.1. The van der Waals surface area contributed by atoms with E-state index >= 15 is 0 Å². The summed E-state index contributed by atoms with van der Waals surface area (Å²) in [5.74, 6) is -0.288. The van der Waals surface area contributed by atoms with Crippen LogP contribution in [0.4, 0.5) is 0 Å². The Morgan fingerprint density at radius 2 is 2.04 bits per heavy atom. The van der Waals surface area contributed by atoms with E-state index in [9.17, 15) is 9.90 Å². The number of nitrogens with zero attached hydrogens (tertiary/aromatic N) is 2. The number of hydrogen-bond acceptors (Lipinski definition) is 5. The molecular weight excluding hydrogens is 306 g/mol. The molecule has 0 saturated heterocycles. The van der Waals surface area contributed by atoms with Crippen LogP contribution in [0.5, 0.6) is 0 Å². The predicted molar refractivity (Wildman–Crippen MR) is 89.8 cm³/mol. The van der Waals surface area contributed by atoms with Crippen LogP contribution in [0.25, 0.3) is 11.1 Å². The summed E-state index contributed by atoms with van der Waals surface area (Å²) in [5, 5.41) is 17.6. The lowest BCUT2D eigenvalue weighted by Crippen LogP contribution is -2.29. The molecule has 6 nitrogen and oxygen atoms in total. The highest BCUT2D eigenvalue weighted by Crippen LogP contribution is 2.22. The van der Waals surface area contributed by atoms with Crippen molar-refractivity contribution in [2.75, 3.05) is 6.54 Å². The van der Waals surface area contributed by atoms with Crippen LogP contribution < -0.4 is 5.32 Å². The van der Waals surface area contributed by atoms with Gasteiger partial charge in [-0.25, -0.2) is 4.98 Å². The van der Waals surface area contributed by atoms with Gasteiger partial charge in [0.05, 0.1) is 22.7 Å². The molecule has 0 radical (unpaired) electrons. The van der Waals surface area contributed by atoms with Crippen molar-refractivity contribution in [3.63, 3.8) is 0 Å². The smallest absolute Gasteiger partial charge is 0.258 e. The molecule has 0 aliphatic heterocycles. The van der Waals surface area contributed by atoms with E-state index in [0.29, 0.717) is 28.1 Å². The van der Waals surface area contributed by atoms with E-state index in [2.05, 4.69) is 15.5 Å². The van der Waals surface area contributed by atoms with Crippen molar-refractivity contribution in [2.24, 2.45) is 0 Å². The first-order valence-corrected chi connectivity index (χ1v) is 7.73. The number of aliphatic hydroxyl groups excluding tert-OH is 1. The molecule has 0 fully saturated rings. The fourth-order valence-corrected chi connectivity index (χ4v) is 2.75. The van der Waals surface area contributed by atoms with Gasteiger partial charge in [0.2, 0.25) is 0 Å². The third-order valence-electron chi connectivity index (χ3n) is 3.99. The van der Waals surface area contributed by atoms with Crippen molar-refractivity contribution in [3.8, 4) is 0 Å². The van der Waals surface area contributed by atoms with Crippen molar-refractivity contribution >= 4 is 17.0 Å². The van der Waals surface area contributed by atoms with Crippen LogP contribution in [0.1, 0.15) is 39.0 Å². The molecular formula is C18H19N3O3. The number of carbonyl (C=O) groups excluding carboxylic acids is 1. The Bertz CT molecular complexity index is 902. The highest BCUT2D eigenvalue weighted by Gasteiger charge is 2.19. The van der Waals surface area contributed by atoms with Crippen molar-refractivity contribution in [3.05, 3.63) is 58.4 Å². The second-order valence-corrected chi connectivity index (χ2v) is 5.84. The van der Waals surface area contributed by atoms with Gasteiger partial charge in [0.1, 0.15) is 0 Å². The summed E-state index contributed by atoms with van der Waals surface area (Å²) in [7, 11) is 0. The topological polar surface area (TPSA) is 88.2 Å². The molecule has 24 heavy (non-hydrogen) atoms. The van der Waals surface area contributed by atoms with Gasteiger partial charge in [0.15, 0.2) is 0 Å². The Hall–Kier alpha value is -2.73. The Morgan fingerprint density at radius 1 is 1.29 bits per heavy atom. The second kappa shape index (κ2) is 6.41. The third kappa shape index (κ3) is 3.00. The van der Waals surface area contributed by atoms with E-state index < -0.39 is 6.10 Å². The van der Waals surface area contributed by atoms with Crippen molar-refractivity contribution in [1.29, 1.82) is 0 Å². The largest absolute Gasteiger partial charge is 0.387 e. The Kier molecular flexibility index (Phi) is 4.31. The molecule has 0 bridgehead atoms. The van der Waals surface area contributed by atoms with Crippen LogP contribution in [0.15, 0.2) is 34.9 Å². The van der Waals surface area contributed by atoms with E-state index in [0.717, 1.165) is 11.1 Å². The molecule has 1 amide bonds. The van der Waals surface area contributed by atoms with Gasteiger partial charge in [-0.15, -0.1) is 0 Å².